The van der Waals surface area contributed by atoms with Crippen molar-refractivity contribution in [3.05, 3.63) is 0 Å². The molecule has 1 aliphatic heterocycles. The molecule has 0 aromatic carbocycles. The number of nitrogens with one attached hydrogen (secondary N) is 1. The number of unbranched alkanes of at least 4 members (excludes halogenated alkanes) is 30. The minimum absolute atomic E-state index is 0.265. The molecule has 0 spiro atoms. The van der Waals surface area contributed by atoms with Crippen LogP contribution in [-0.2, 0) is 14.3 Å². The number of hydrogen-bond donors (Lipinski definition) is 8. The molecule has 1 saturated heterocycles. The van der Waals surface area contributed by atoms with Crippen molar-refractivity contribution in [2.45, 2.75) is 287 Å². The lowest BCUT2D eigenvalue weighted by atomic mass is 9.98. The van der Waals surface area contributed by atoms with Gasteiger partial charge in [-0.1, -0.05) is 219 Å². The van der Waals surface area contributed by atoms with E-state index in [1.807, 2.05) is 0 Å². The Balaban J connectivity index is 2.16. The first-order valence-electron chi connectivity index (χ1n) is 24.9. The molecule has 1 fully saturated rings. The van der Waals surface area contributed by atoms with Gasteiger partial charge in [-0.2, -0.15) is 0 Å². The third-order valence-electron chi connectivity index (χ3n) is 12.4. The number of hydrogen-bond acceptors (Lipinski definition) is 10. The second-order valence-electron chi connectivity index (χ2n) is 17.9. The van der Waals surface area contributed by atoms with Gasteiger partial charge in [-0.15, -0.1) is 0 Å². The predicted octanol–water partition coefficient (Wildman–Crippen LogP) is 8.67. The highest BCUT2D eigenvalue weighted by Gasteiger charge is 2.44. The quantitative estimate of drug-likeness (QED) is 0.0276. The van der Waals surface area contributed by atoms with Crippen LogP contribution in [0, 0.1) is 0 Å². The maximum atomic E-state index is 13.0. The Morgan fingerprint density at radius 1 is 0.525 bits per heavy atom. The molecule has 0 aromatic heterocycles. The van der Waals surface area contributed by atoms with Gasteiger partial charge in [0.05, 0.1) is 25.4 Å². The van der Waals surface area contributed by atoms with E-state index in [9.17, 15) is 40.5 Å². The number of aliphatic hydroxyl groups excluding tert-OH is 7. The van der Waals surface area contributed by atoms with E-state index in [1.54, 1.807) is 0 Å². The molecule has 9 unspecified atom stereocenters. The summed E-state index contributed by atoms with van der Waals surface area (Å²) in [6, 6.07) is -1.16. The van der Waals surface area contributed by atoms with Gasteiger partial charge in [-0.3, -0.25) is 4.79 Å². The lowest BCUT2D eigenvalue weighted by molar-refractivity contribution is -0.303. The Morgan fingerprint density at radius 2 is 0.881 bits per heavy atom. The van der Waals surface area contributed by atoms with Crippen LogP contribution < -0.4 is 5.32 Å². The van der Waals surface area contributed by atoms with Crippen molar-refractivity contribution in [3.63, 3.8) is 0 Å². The Hall–Kier alpha value is -0.890. The van der Waals surface area contributed by atoms with Gasteiger partial charge in [0.1, 0.15) is 36.6 Å². The number of carbonyl (C=O) groups excluding carboxylic acids is 1. The van der Waals surface area contributed by atoms with E-state index in [-0.39, 0.29) is 6.42 Å². The summed E-state index contributed by atoms with van der Waals surface area (Å²) in [6.45, 7) is 3.35. The van der Waals surface area contributed by atoms with Gasteiger partial charge in [0.15, 0.2) is 6.29 Å². The first-order chi connectivity index (χ1) is 28.7. The third kappa shape index (κ3) is 28.4. The zero-order valence-corrected chi connectivity index (χ0v) is 38.0. The molecule has 59 heavy (non-hydrogen) atoms. The highest BCUT2D eigenvalue weighted by molar-refractivity contribution is 5.80. The lowest BCUT2D eigenvalue weighted by Gasteiger charge is -2.40. The van der Waals surface area contributed by atoms with Crippen molar-refractivity contribution in [1.29, 1.82) is 0 Å². The fourth-order valence-electron chi connectivity index (χ4n) is 8.27. The van der Waals surface area contributed by atoms with Crippen LogP contribution in [0.5, 0.6) is 0 Å². The second-order valence-corrected chi connectivity index (χ2v) is 17.9. The van der Waals surface area contributed by atoms with Gasteiger partial charge >= 0.3 is 0 Å². The van der Waals surface area contributed by atoms with E-state index < -0.39 is 74.2 Å². The number of amides is 1. The van der Waals surface area contributed by atoms with Crippen LogP contribution in [0.2, 0.25) is 0 Å². The van der Waals surface area contributed by atoms with Gasteiger partial charge < -0.3 is 50.5 Å². The maximum Gasteiger partial charge on any atom is 0.249 e. The van der Waals surface area contributed by atoms with Crippen molar-refractivity contribution in [2.24, 2.45) is 0 Å². The van der Waals surface area contributed by atoms with Crippen LogP contribution in [0.25, 0.3) is 0 Å². The average molecular weight is 846 g/mol. The molecule has 9 atom stereocenters. The first kappa shape index (κ1) is 56.1. The van der Waals surface area contributed by atoms with Crippen LogP contribution in [-0.4, -0.2) is 110 Å². The van der Waals surface area contributed by atoms with Gasteiger partial charge in [0.25, 0.3) is 0 Å². The van der Waals surface area contributed by atoms with Crippen molar-refractivity contribution >= 4 is 5.91 Å². The predicted molar refractivity (Wildman–Crippen MR) is 238 cm³/mol. The number of rotatable bonds is 42. The summed E-state index contributed by atoms with van der Waals surface area (Å²) in [5.41, 5.74) is 0. The topological polar surface area (TPSA) is 189 Å². The van der Waals surface area contributed by atoms with Gasteiger partial charge in [-0.05, 0) is 12.8 Å². The highest BCUT2D eigenvalue weighted by atomic mass is 16.7. The molecule has 0 aromatic rings. The van der Waals surface area contributed by atoms with Crippen LogP contribution in [0.4, 0.5) is 0 Å². The molecule has 11 heteroatoms. The van der Waals surface area contributed by atoms with Gasteiger partial charge in [0, 0.05) is 0 Å². The second kappa shape index (κ2) is 38.8. The molecule has 0 saturated carbocycles. The summed E-state index contributed by atoms with van der Waals surface area (Å²) in [5, 5.41) is 75.1. The Bertz CT molecular complexity index is 928. The Labute approximate surface area is 360 Å². The fraction of sp³-hybridized carbons (Fsp3) is 0.979. The highest BCUT2D eigenvalue weighted by Crippen LogP contribution is 2.23. The Kier molecular flexibility index (Phi) is 36.9. The van der Waals surface area contributed by atoms with E-state index in [1.165, 1.54) is 148 Å². The van der Waals surface area contributed by atoms with Crippen LogP contribution in [0.1, 0.15) is 232 Å². The number of carbonyl (C=O) groups is 1. The molecule has 1 rings (SSSR count). The molecule has 11 nitrogen and oxygen atoms in total. The van der Waals surface area contributed by atoms with E-state index in [4.69, 9.17) is 9.47 Å². The summed E-state index contributed by atoms with van der Waals surface area (Å²) in [5.74, 6) is -0.698. The molecule has 0 radical (unpaired) electrons. The molecule has 0 aliphatic carbocycles. The van der Waals surface area contributed by atoms with E-state index in [2.05, 4.69) is 19.2 Å². The lowest BCUT2D eigenvalue weighted by Crippen LogP contribution is -2.60. The van der Waals surface area contributed by atoms with Crippen molar-refractivity contribution < 1.29 is 50.0 Å². The molecule has 1 amide bonds. The summed E-state index contributed by atoms with van der Waals surface area (Å²) < 4.78 is 11.0. The summed E-state index contributed by atoms with van der Waals surface area (Å²) in [4.78, 5) is 13.0. The van der Waals surface area contributed by atoms with E-state index in [0.29, 0.717) is 19.3 Å². The normalized spacial score (nSPS) is 21.7. The van der Waals surface area contributed by atoms with Crippen molar-refractivity contribution in [2.75, 3.05) is 13.2 Å². The van der Waals surface area contributed by atoms with Crippen LogP contribution in [0.15, 0.2) is 0 Å². The number of ether oxygens (including phenoxy) is 2. The smallest absolute Gasteiger partial charge is 0.249 e. The van der Waals surface area contributed by atoms with Gasteiger partial charge in [-0.25, -0.2) is 0 Å². The summed E-state index contributed by atoms with van der Waals surface area (Å²) >= 11 is 0. The molecule has 352 valence electrons. The fourth-order valence-corrected chi connectivity index (χ4v) is 8.27. The monoisotopic (exact) mass is 846 g/mol. The Morgan fingerprint density at radius 3 is 1.25 bits per heavy atom. The number of aliphatic hydroxyl groups is 7. The maximum absolute atomic E-state index is 13.0. The van der Waals surface area contributed by atoms with E-state index in [0.717, 1.165) is 44.9 Å². The van der Waals surface area contributed by atoms with Crippen molar-refractivity contribution in [1.82, 2.24) is 5.32 Å². The zero-order chi connectivity index (χ0) is 43.4. The van der Waals surface area contributed by atoms with Crippen molar-refractivity contribution in [3.8, 4) is 0 Å². The molecule has 1 aliphatic rings. The minimum Gasteiger partial charge on any atom is -0.394 e. The SMILES string of the molecule is CCCCCCCCCCCCCCCCCCCCCCCCCCCCCC(O)C(=O)NC(COC1OC(CO)C(O)C(O)C1O)C(O)C(O)CCCCCCC. The largest absolute Gasteiger partial charge is 0.394 e. The first-order valence-corrected chi connectivity index (χ1v) is 24.9. The summed E-state index contributed by atoms with van der Waals surface area (Å²) in [6.07, 6.45) is 29.6. The van der Waals surface area contributed by atoms with Crippen LogP contribution in [0.3, 0.4) is 0 Å². The van der Waals surface area contributed by atoms with Crippen LogP contribution >= 0.6 is 0 Å². The standard InChI is InChI=1S/C48H95NO10/c1-3-5-7-9-10-11-12-13-14-15-16-17-18-19-20-21-22-23-24-25-26-27-28-29-30-32-34-36-41(52)47(57)49-39(43(53)40(51)35-33-31-8-6-4-2)38-58-48-46(56)45(55)44(54)42(37-50)59-48/h39-46,48,50-56H,3-38H2,1-2H3,(H,49,57). The molecule has 1 heterocycles. The van der Waals surface area contributed by atoms with E-state index >= 15 is 0 Å². The van der Waals surface area contributed by atoms with Gasteiger partial charge in [0.2, 0.25) is 5.91 Å². The molecular formula is C48H95NO10. The zero-order valence-electron chi connectivity index (χ0n) is 38.0. The molecule has 0 bridgehead atoms. The summed E-state index contributed by atoms with van der Waals surface area (Å²) in [7, 11) is 0. The minimum atomic E-state index is -1.65. The molecular weight excluding hydrogens is 751 g/mol. The third-order valence-corrected chi connectivity index (χ3v) is 12.4. The average Bonchev–Trinajstić information content (AvgIpc) is 3.23. The molecule has 8 N–H and O–H groups in total.